The molecule has 0 aliphatic heterocycles. The molecule has 0 bridgehead atoms. The van der Waals surface area contributed by atoms with Crippen LogP contribution in [0.5, 0.6) is 0 Å². The molecule has 1 rings (SSSR count). The van der Waals surface area contributed by atoms with Gasteiger partial charge in [-0.25, -0.2) is 0 Å². The molecule has 0 atom stereocenters. The monoisotopic (exact) mass is 378 g/mol. The van der Waals surface area contributed by atoms with Gasteiger partial charge in [-0.3, -0.25) is 9.59 Å². The van der Waals surface area contributed by atoms with E-state index in [2.05, 4.69) is 5.32 Å². The summed E-state index contributed by atoms with van der Waals surface area (Å²) in [4.78, 5) is 25.1. The molecule has 0 fully saturated rings. The first-order valence-corrected chi connectivity index (χ1v) is 8.45. The van der Waals surface area contributed by atoms with E-state index in [4.69, 9.17) is 11.6 Å². The number of hydrogen-bond donors (Lipinski definition) is 1. The van der Waals surface area contributed by atoms with Crippen LogP contribution in [0.2, 0.25) is 5.02 Å². The molecule has 0 spiro atoms. The van der Waals surface area contributed by atoms with Crippen LogP contribution in [-0.4, -0.2) is 29.8 Å². The first kappa shape index (κ1) is 21.3. The highest BCUT2D eigenvalue weighted by Crippen LogP contribution is 2.36. The van der Waals surface area contributed by atoms with Crippen LogP contribution in [0, 0.1) is 0 Å². The highest BCUT2D eigenvalue weighted by atomic mass is 35.5. The van der Waals surface area contributed by atoms with Crippen molar-refractivity contribution in [1.82, 2.24) is 4.90 Å². The Morgan fingerprint density at radius 1 is 1.20 bits per heavy atom. The molecule has 0 heterocycles. The standard InChI is InChI=1S/C17H22ClF3N2O2/c1-3-4-5-9-23(12(2)24)10-8-16(25)22-15-7-6-13(18)11-14(15)17(19,20)21/h6-7,11H,3-5,8-10H2,1-2H3,(H,22,25). The minimum absolute atomic E-state index is 0.0657. The minimum Gasteiger partial charge on any atom is -0.342 e. The van der Waals surface area contributed by atoms with Gasteiger partial charge in [0.2, 0.25) is 11.8 Å². The van der Waals surface area contributed by atoms with Gasteiger partial charge in [0.1, 0.15) is 0 Å². The third-order valence-electron chi connectivity index (χ3n) is 3.65. The first-order valence-electron chi connectivity index (χ1n) is 8.07. The Kier molecular flexibility index (Phi) is 8.22. The summed E-state index contributed by atoms with van der Waals surface area (Å²) in [6.07, 6.45) is -1.91. The first-order chi connectivity index (χ1) is 11.6. The summed E-state index contributed by atoms with van der Waals surface area (Å²) in [7, 11) is 0. The van der Waals surface area contributed by atoms with E-state index in [1.54, 1.807) is 0 Å². The van der Waals surface area contributed by atoms with E-state index < -0.39 is 17.6 Å². The van der Waals surface area contributed by atoms with Crippen LogP contribution in [0.15, 0.2) is 18.2 Å². The summed E-state index contributed by atoms with van der Waals surface area (Å²) < 4.78 is 39.0. The van der Waals surface area contributed by atoms with Crippen LogP contribution in [0.25, 0.3) is 0 Å². The van der Waals surface area contributed by atoms with Gasteiger partial charge < -0.3 is 10.2 Å². The summed E-state index contributed by atoms with van der Waals surface area (Å²) in [6.45, 7) is 4.14. The quantitative estimate of drug-likeness (QED) is 0.665. The topological polar surface area (TPSA) is 49.4 Å². The zero-order chi connectivity index (χ0) is 19.0. The summed E-state index contributed by atoms with van der Waals surface area (Å²) in [6, 6.07) is 3.16. The molecule has 0 radical (unpaired) electrons. The zero-order valence-corrected chi connectivity index (χ0v) is 15.0. The number of carbonyl (C=O) groups excluding carboxylic acids is 2. The molecular weight excluding hydrogens is 357 g/mol. The third-order valence-corrected chi connectivity index (χ3v) is 3.88. The SMILES string of the molecule is CCCCCN(CCC(=O)Nc1ccc(Cl)cc1C(F)(F)F)C(C)=O. The van der Waals surface area contributed by atoms with Crippen molar-refractivity contribution in [3.63, 3.8) is 0 Å². The van der Waals surface area contributed by atoms with E-state index in [1.165, 1.54) is 17.9 Å². The Balaban J connectivity index is 2.69. The summed E-state index contributed by atoms with van der Waals surface area (Å²) >= 11 is 5.60. The third kappa shape index (κ3) is 7.34. The van der Waals surface area contributed by atoms with E-state index in [0.717, 1.165) is 31.4 Å². The van der Waals surface area contributed by atoms with Crippen molar-refractivity contribution in [2.75, 3.05) is 18.4 Å². The van der Waals surface area contributed by atoms with Gasteiger partial charge in [0, 0.05) is 31.5 Å². The number of hydrogen-bond acceptors (Lipinski definition) is 2. The fourth-order valence-corrected chi connectivity index (χ4v) is 2.46. The Morgan fingerprint density at radius 3 is 2.44 bits per heavy atom. The average molecular weight is 379 g/mol. The predicted molar refractivity (Wildman–Crippen MR) is 91.5 cm³/mol. The van der Waals surface area contributed by atoms with Crippen LogP contribution in [0.3, 0.4) is 0 Å². The maximum atomic E-state index is 13.0. The number of benzene rings is 1. The van der Waals surface area contributed by atoms with Gasteiger partial charge in [-0.1, -0.05) is 31.4 Å². The summed E-state index contributed by atoms with van der Waals surface area (Å²) in [5, 5.41) is 2.18. The molecule has 25 heavy (non-hydrogen) atoms. The second-order valence-electron chi connectivity index (χ2n) is 5.70. The summed E-state index contributed by atoms with van der Waals surface area (Å²) in [5.41, 5.74) is -1.35. The lowest BCUT2D eigenvalue weighted by Crippen LogP contribution is -2.33. The smallest absolute Gasteiger partial charge is 0.342 e. The number of nitrogens with zero attached hydrogens (tertiary/aromatic N) is 1. The van der Waals surface area contributed by atoms with Crippen molar-refractivity contribution < 1.29 is 22.8 Å². The highest BCUT2D eigenvalue weighted by Gasteiger charge is 2.34. The van der Waals surface area contributed by atoms with Gasteiger partial charge in [-0.05, 0) is 24.6 Å². The van der Waals surface area contributed by atoms with Crippen LogP contribution in [0.1, 0.15) is 45.1 Å². The fraction of sp³-hybridized carbons (Fsp3) is 0.529. The normalized spacial score (nSPS) is 11.3. The fourth-order valence-electron chi connectivity index (χ4n) is 2.29. The van der Waals surface area contributed by atoms with Crippen molar-refractivity contribution in [3.05, 3.63) is 28.8 Å². The number of alkyl halides is 3. The molecule has 4 nitrogen and oxygen atoms in total. The minimum atomic E-state index is -4.63. The number of anilines is 1. The highest BCUT2D eigenvalue weighted by molar-refractivity contribution is 6.30. The molecule has 2 amide bonds. The van der Waals surface area contributed by atoms with Crippen molar-refractivity contribution in [3.8, 4) is 0 Å². The summed E-state index contributed by atoms with van der Waals surface area (Å²) in [5.74, 6) is -0.749. The number of nitrogens with one attached hydrogen (secondary N) is 1. The van der Waals surface area contributed by atoms with Gasteiger partial charge in [-0.2, -0.15) is 13.2 Å². The Hall–Kier alpha value is -1.76. The van der Waals surface area contributed by atoms with Gasteiger partial charge in [-0.15, -0.1) is 0 Å². The maximum absolute atomic E-state index is 13.0. The van der Waals surface area contributed by atoms with Crippen molar-refractivity contribution in [2.45, 2.75) is 45.7 Å². The maximum Gasteiger partial charge on any atom is 0.418 e. The van der Waals surface area contributed by atoms with E-state index in [0.29, 0.717) is 6.54 Å². The van der Waals surface area contributed by atoms with Gasteiger partial charge >= 0.3 is 6.18 Å². The lowest BCUT2D eigenvalue weighted by Gasteiger charge is -2.21. The predicted octanol–water partition coefficient (Wildman–Crippen LogP) is 4.73. The molecule has 8 heteroatoms. The van der Waals surface area contributed by atoms with Crippen LogP contribution in [-0.2, 0) is 15.8 Å². The van der Waals surface area contributed by atoms with E-state index in [1.807, 2.05) is 6.92 Å². The Labute approximate surface area is 150 Å². The Bertz CT molecular complexity index is 606. The number of carbonyl (C=O) groups is 2. The van der Waals surface area contributed by atoms with E-state index in [-0.39, 0.29) is 29.6 Å². The molecule has 0 aliphatic carbocycles. The van der Waals surface area contributed by atoms with E-state index in [9.17, 15) is 22.8 Å². The van der Waals surface area contributed by atoms with Crippen LogP contribution in [0.4, 0.5) is 18.9 Å². The second-order valence-corrected chi connectivity index (χ2v) is 6.14. The number of amides is 2. The lowest BCUT2D eigenvalue weighted by molar-refractivity contribution is -0.137. The second kappa shape index (κ2) is 9.65. The van der Waals surface area contributed by atoms with Crippen molar-refractivity contribution in [2.24, 2.45) is 0 Å². The molecule has 1 aromatic rings. The largest absolute Gasteiger partial charge is 0.418 e. The van der Waals surface area contributed by atoms with Crippen LogP contribution < -0.4 is 5.32 Å². The molecule has 0 aromatic heterocycles. The lowest BCUT2D eigenvalue weighted by atomic mass is 10.1. The van der Waals surface area contributed by atoms with Gasteiger partial charge in [0.05, 0.1) is 11.3 Å². The molecule has 0 saturated heterocycles. The average Bonchev–Trinajstić information content (AvgIpc) is 2.51. The van der Waals surface area contributed by atoms with Gasteiger partial charge in [0.15, 0.2) is 0 Å². The van der Waals surface area contributed by atoms with Gasteiger partial charge in [0.25, 0.3) is 0 Å². The van der Waals surface area contributed by atoms with Crippen molar-refractivity contribution >= 4 is 29.1 Å². The molecule has 0 aliphatic rings. The molecule has 0 unspecified atom stereocenters. The molecule has 1 N–H and O–H groups in total. The molecular formula is C17H22ClF3N2O2. The number of halogens is 4. The number of unbranched alkanes of at least 4 members (excludes halogenated alkanes) is 2. The van der Waals surface area contributed by atoms with Crippen molar-refractivity contribution in [1.29, 1.82) is 0 Å². The molecule has 1 aromatic carbocycles. The Morgan fingerprint density at radius 2 is 1.88 bits per heavy atom. The molecule has 0 saturated carbocycles. The number of rotatable bonds is 8. The molecule has 140 valence electrons. The van der Waals surface area contributed by atoms with Crippen LogP contribution >= 0.6 is 11.6 Å². The zero-order valence-electron chi connectivity index (χ0n) is 14.3. The van der Waals surface area contributed by atoms with E-state index >= 15 is 0 Å².